The van der Waals surface area contributed by atoms with Crippen molar-refractivity contribution in [2.45, 2.75) is 25.8 Å². The zero-order valence-corrected chi connectivity index (χ0v) is 8.45. The van der Waals surface area contributed by atoms with Crippen LogP contribution in [-0.2, 0) is 9.59 Å². The minimum atomic E-state index is -0.554. The average molecular weight is 199 g/mol. The van der Waals surface area contributed by atoms with E-state index in [2.05, 4.69) is 5.32 Å². The van der Waals surface area contributed by atoms with E-state index in [0.29, 0.717) is 0 Å². The summed E-state index contributed by atoms with van der Waals surface area (Å²) in [5.74, 6) is -0.297. The topological polar surface area (TPSA) is 75.4 Å². The molecule has 2 amide bonds. The minimum absolute atomic E-state index is 0.0171. The van der Waals surface area contributed by atoms with Gasteiger partial charge >= 0.3 is 0 Å². The first-order valence-corrected chi connectivity index (χ1v) is 4.92. The molecule has 1 saturated heterocycles. The van der Waals surface area contributed by atoms with E-state index in [1.165, 1.54) is 0 Å². The molecule has 0 aliphatic carbocycles. The van der Waals surface area contributed by atoms with Gasteiger partial charge in [-0.05, 0) is 19.8 Å². The van der Waals surface area contributed by atoms with Crippen molar-refractivity contribution >= 4 is 11.8 Å². The number of rotatable bonds is 3. The van der Waals surface area contributed by atoms with Crippen LogP contribution in [0.5, 0.6) is 0 Å². The number of nitrogens with two attached hydrogens (primary N) is 1. The van der Waals surface area contributed by atoms with Crippen molar-refractivity contribution in [3.05, 3.63) is 0 Å². The maximum Gasteiger partial charge on any atom is 0.241 e. The van der Waals surface area contributed by atoms with E-state index in [-0.39, 0.29) is 18.4 Å². The number of nitrogens with zero attached hydrogens (tertiary/aromatic N) is 1. The Morgan fingerprint density at radius 1 is 1.43 bits per heavy atom. The molecule has 0 unspecified atom stereocenters. The summed E-state index contributed by atoms with van der Waals surface area (Å²) in [5.41, 5.74) is 5.34. The van der Waals surface area contributed by atoms with E-state index < -0.39 is 6.04 Å². The second-order valence-electron chi connectivity index (χ2n) is 3.59. The van der Waals surface area contributed by atoms with Crippen molar-refractivity contribution in [2.24, 2.45) is 5.73 Å². The maximum atomic E-state index is 11.4. The number of nitrogens with one attached hydrogen (secondary N) is 1. The molecule has 80 valence electrons. The molecule has 14 heavy (non-hydrogen) atoms. The number of hydrogen-bond donors (Lipinski definition) is 2. The highest BCUT2D eigenvalue weighted by Crippen LogP contribution is 2.06. The normalized spacial score (nSPS) is 18.0. The summed E-state index contributed by atoms with van der Waals surface area (Å²) < 4.78 is 0. The Bertz CT molecular complexity index is 222. The van der Waals surface area contributed by atoms with Crippen LogP contribution in [0.1, 0.15) is 19.8 Å². The third-order valence-electron chi connectivity index (χ3n) is 2.29. The molecule has 1 fully saturated rings. The van der Waals surface area contributed by atoms with E-state index in [1.54, 1.807) is 11.8 Å². The van der Waals surface area contributed by atoms with Crippen LogP contribution in [0.2, 0.25) is 0 Å². The monoisotopic (exact) mass is 199 g/mol. The predicted molar refractivity (Wildman–Crippen MR) is 52.5 cm³/mol. The molecule has 1 aliphatic rings. The Balaban J connectivity index is 2.23. The summed E-state index contributed by atoms with van der Waals surface area (Å²) in [5, 5.41) is 2.50. The molecule has 0 saturated carbocycles. The predicted octanol–water partition coefficient (Wildman–Crippen LogP) is -0.928. The van der Waals surface area contributed by atoms with Gasteiger partial charge in [0.1, 0.15) is 0 Å². The van der Waals surface area contributed by atoms with Gasteiger partial charge in [-0.25, -0.2) is 0 Å². The molecule has 0 spiro atoms. The van der Waals surface area contributed by atoms with E-state index in [0.717, 1.165) is 25.9 Å². The quantitative estimate of drug-likeness (QED) is 0.616. The van der Waals surface area contributed by atoms with E-state index >= 15 is 0 Å². The highest BCUT2D eigenvalue weighted by molar-refractivity contribution is 5.87. The SMILES string of the molecule is C[C@H](N)C(=O)NCC(=O)N1CCCC1. The van der Waals surface area contributed by atoms with E-state index in [1.807, 2.05) is 0 Å². The van der Waals surface area contributed by atoms with Crippen LogP contribution >= 0.6 is 0 Å². The lowest BCUT2D eigenvalue weighted by Crippen LogP contribution is -2.44. The molecule has 0 aromatic carbocycles. The molecule has 1 rings (SSSR count). The summed E-state index contributed by atoms with van der Waals surface area (Å²) in [6, 6.07) is -0.554. The first kappa shape index (κ1) is 11.0. The Hall–Kier alpha value is -1.10. The van der Waals surface area contributed by atoms with Crippen molar-refractivity contribution in [3.63, 3.8) is 0 Å². The number of hydrogen-bond acceptors (Lipinski definition) is 3. The first-order valence-electron chi connectivity index (χ1n) is 4.92. The molecule has 5 heteroatoms. The molecule has 1 aliphatic heterocycles. The van der Waals surface area contributed by atoms with Crippen LogP contribution < -0.4 is 11.1 Å². The van der Waals surface area contributed by atoms with Crippen molar-refractivity contribution in [1.82, 2.24) is 10.2 Å². The van der Waals surface area contributed by atoms with Crippen LogP contribution in [0.4, 0.5) is 0 Å². The Morgan fingerprint density at radius 3 is 2.50 bits per heavy atom. The standard InChI is InChI=1S/C9H17N3O2/c1-7(10)9(14)11-6-8(13)12-4-2-3-5-12/h7H,2-6,10H2,1H3,(H,11,14)/t7-/m0/s1. The van der Waals surface area contributed by atoms with E-state index in [9.17, 15) is 9.59 Å². The molecule has 0 radical (unpaired) electrons. The Labute approximate surface area is 83.6 Å². The largest absolute Gasteiger partial charge is 0.346 e. The summed E-state index contributed by atoms with van der Waals surface area (Å²) >= 11 is 0. The average Bonchev–Trinajstić information content (AvgIpc) is 2.66. The number of amides is 2. The molecule has 0 bridgehead atoms. The highest BCUT2D eigenvalue weighted by Gasteiger charge is 2.18. The van der Waals surface area contributed by atoms with Crippen molar-refractivity contribution in [3.8, 4) is 0 Å². The lowest BCUT2D eigenvalue weighted by molar-refractivity contribution is -0.132. The lowest BCUT2D eigenvalue weighted by Gasteiger charge is -2.15. The molecule has 0 aromatic rings. The fourth-order valence-corrected chi connectivity index (χ4v) is 1.40. The molecule has 1 atom stereocenters. The number of carbonyl (C=O) groups is 2. The smallest absolute Gasteiger partial charge is 0.241 e. The summed E-state index contributed by atoms with van der Waals surface area (Å²) in [6.07, 6.45) is 2.12. The van der Waals surface area contributed by atoms with Crippen LogP contribution in [-0.4, -0.2) is 42.4 Å². The van der Waals surface area contributed by atoms with E-state index in [4.69, 9.17) is 5.73 Å². The second kappa shape index (κ2) is 4.95. The number of carbonyl (C=O) groups excluding carboxylic acids is 2. The van der Waals surface area contributed by atoms with Gasteiger partial charge in [-0.2, -0.15) is 0 Å². The molecule has 0 aromatic heterocycles. The van der Waals surface area contributed by atoms with Gasteiger partial charge in [0.2, 0.25) is 11.8 Å². The molecular weight excluding hydrogens is 182 g/mol. The fourth-order valence-electron chi connectivity index (χ4n) is 1.40. The zero-order chi connectivity index (χ0) is 10.6. The maximum absolute atomic E-state index is 11.4. The third-order valence-corrected chi connectivity index (χ3v) is 2.29. The van der Waals surface area contributed by atoms with Gasteiger partial charge in [0.05, 0.1) is 12.6 Å². The van der Waals surface area contributed by atoms with Gasteiger partial charge in [0.25, 0.3) is 0 Å². The fraction of sp³-hybridized carbons (Fsp3) is 0.778. The van der Waals surface area contributed by atoms with Crippen LogP contribution in [0, 0.1) is 0 Å². The van der Waals surface area contributed by atoms with Gasteiger partial charge < -0.3 is 16.0 Å². The molecule has 3 N–H and O–H groups in total. The van der Waals surface area contributed by atoms with Crippen LogP contribution in [0.25, 0.3) is 0 Å². The first-order chi connectivity index (χ1) is 6.61. The Kier molecular flexibility index (Phi) is 3.88. The molecule has 1 heterocycles. The van der Waals surface area contributed by atoms with Crippen LogP contribution in [0.15, 0.2) is 0 Å². The van der Waals surface area contributed by atoms with Gasteiger partial charge in [-0.3, -0.25) is 9.59 Å². The second-order valence-corrected chi connectivity index (χ2v) is 3.59. The zero-order valence-electron chi connectivity index (χ0n) is 8.45. The summed E-state index contributed by atoms with van der Waals surface area (Å²) in [7, 11) is 0. The minimum Gasteiger partial charge on any atom is -0.346 e. The Morgan fingerprint density at radius 2 is 2.00 bits per heavy atom. The third kappa shape index (κ3) is 2.99. The van der Waals surface area contributed by atoms with Crippen molar-refractivity contribution < 1.29 is 9.59 Å². The highest BCUT2D eigenvalue weighted by atomic mass is 16.2. The van der Waals surface area contributed by atoms with Crippen molar-refractivity contribution in [2.75, 3.05) is 19.6 Å². The van der Waals surface area contributed by atoms with Gasteiger partial charge in [-0.15, -0.1) is 0 Å². The lowest BCUT2D eigenvalue weighted by atomic mass is 10.3. The molecule has 5 nitrogen and oxygen atoms in total. The van der Waals surface area contributed by atoms with Crippen molar-refractivity contribution in [1.29, 1.82) is 0 Å². The summed E-state index contributed by atoms with van der Waals surface area (Å²) in [4.78, 5) is 24.3. The summed E-state index contributed by atoms with van der Waals surface area (Å²) in [6.45, 7) is 3.29. The van der Waals surface area contributed by atoms with Gasteiger partial charge in [0, 0.05) is 13.1 Å². The van der Waals surface area contributed by atoms with Gasteiger partial charge in [-0.1, -0.05) is 0 Å². The van der Waals surface area contributed by atoms with Gasteiger partial charge in [0.15, 0.2) is 0 Å². The number of likely N-dealkylation sites (tertiary alicyclic amines) is 1. The van der Waals surface area contributed by atoms with Crippen LogP contribution in [0.3, 0.4) is 0 Å². The molecular formula is C9H17N3O2.